The fraction of sp³-hybridized carbons (Fsp3) is 0.400. The summed E-state index contributed by atoms with van der Waals surface area (Å²) in [5, 5.41) is 3.76. The van der Waals surface area contributed by atoms with E-state index in [1.165, 1.54) is 10.4 Å². The highest BCUT2D eigenvalue weighted by molar-refractivity contribution is 7.17. The zero-order valence-corrected chi connectivity index (χ0v) is 15.2. The highest BCUT2D eigenvalue weighted by Crippen LogP contribution is 2.40. The van der Waals surface area contributed by atoms with Gasteiger partial charge in [0.25, 0.3) is 11.8 Å². The summed E-state index contributed by atoms with van der Waals surface area (Å²) in [4.78, 5) is 29.0. The number of nitrogens with zero attached hydrogens (tertiary/aromatic N) is 1. The topological polar surface area (TPSA) is 49.4 Å². The number of fused-ring (bicyclic) bond motifs is 1. The maximum atomic E-state index is 13.1. The van der Waals surface area contributed by atoms with E-state index >= 15 is 0 Å². The van der Waals surface area contributed by atoms with Crippen molar-refractivity contribution in [3.05, 3.63) is 51.4 Å². The summed E-state index contributed by atoms with van der Waals surface area (Å²) in [5.74, 6) is -0.0366. The number of carbonyl (C=O) groups is 2. The van der Waals surface area contributed by atoms with E-state index in [9.17, 15) is 9.59 Å². The fourth-order valence-electron chi connectivity index (χ4n) is 3.80. The summed E-state index contributed by atoms with van der Waals surface area (Å²) in [6, 6.07) is 7.55. The number of thiophene rings is 1. The van der Waals surface area contributed by atoms with E-state index in [0.717, 1.165) is 61.3 Å². The lowest BCUT2D eigenvalue weighted by Gasteiger charge is -2.17. The zero-order chi connectivity index (χ0) is 17.4. The van der Waals surface area contributed by atoms with Crippen LogP contribution in [-0.4, -0.2) is 29.8 Å². The first-order chi connectivity index (χ1) is 12.1. The number of anilines is 1. The van der Waals surface area contributed by atoms with Crippen molar-refractivity contribution in [1.29, 1.82) is 0 Å². The van der Waals surface area contributed by atoms with Crippen LogP contribution in [0.15, 0.2) is 24.3 Å². The number of amides is 2. The summed E-state index contributed by atoms with van der Waals surface area (Å²) < 4.78 is 0. The fourth-order valence-corrected chi connectivity index (χ4v) is 5.07. The Hall–Kier alpha value is -2.14. The minimum atomic E-state index is -0.131. The molecule has 1 aliphatic heterocycles. The number of rotatable bonds is 3. The van der Waals surface area contributed by atoms with Gasteiger partial charge in [-0.3, -0.25) is 9.59 Å². The van der Waals surface area contributed by atoms with Gasteiger partial charge in [-0.2, -0.15) is 0 Å². The van der Waals surface area contributed by atoms with Gasteiger partial charge in [0, 0.05) is 23.5 Å². The van der Waals surface area contributed by atoms with E-state index in [2.05, 4.69) is 5.32 Å². The van der Waals surface area contributed by atoms with Crippen molar-refractivity contribution in [2.75, 3.05) is 18.4 Å². The number of hydrogen-bond donors (Lipinski definition) is 1. The molecule has 25 heavy (non-hydrogen) atoms. The maximum Gasteiger partial charge on any atom is 0.257 e. The van der Waals surface area contributed by atoms with Crippen LogP contribution in [0, 0.1) is 6.92 Å². The van der Waals surface area contributed by atoms with Gasteiger partial charge in [-0.05, 0) is 56.2 Å². The molecule has 2 amide bonds. The Labute approximate surface area is 151 Å². The molecule has 0 atom stereocenters. The number of aryl methyl sites for hydroxylation is 2. The molecular weight excluding hydrogens is 332 g/mol. The molecular formula is C20H22N2O2S. The molecule has 1 aromatic carbocycles. The van der Waals surface area contributed by atoms with E-state index in [0.29, 0.717) is 5.56 Å². The minimum absolute atomic E-state index is 0.0944. The van der Waals surface area contributed by atoms with Crippen LogP contribution >= 0.6 is 11.3 Å². The molecule has 1 aliphatic carbocycles. The molecule has 0 bridgehead atoms. The van der Waals surface area contributed by atoms with Crippen molar-refractivity contribution in [1.82, 2.24) is 4.90 Å². The highest BCUT2D eigenvalue weighted by atomic mass is 32.1. The van der Waals surface area contributed by atoms with Crippen molar-refractivity contribution in [3.63, 3.8) is 0 Å². The van der Waals surface area contributed by atoms with E-state index in [1.807, 2.05) is 36.1 Å². The molecule has 1 saturated heterocycles. The first kappa shape index (κ1) is 16.3. The molecule has 1 N–H and O–H groups in total. The number of benzene rings is 1. The van der Waals surface area contributed by atoms with Crippen LogP contribution in [0.3, 0.4) is 0 Å². The molecule has 0 saturated carbocycles. The van der Waals surface area contributed by atoms with Gasteiger partial charge in [-0.1, -0.05) is 18.2 Å². The minimum Gasteiger partial charge on any atom is -0.339 e. The predicted octanol–water partition coefficient (Wildman–Crippen LogP) is 4.03. The Morgan fingerprint density at radius 2 is 1.84 bits per heavy atom. The lowest BCUT2D eigenvalue weighted by molar-refractivity contribution is 0.0793. The second kappa shape index (κ2) is 6.64. The predicted molar refractivity (Wildman–Crippen MR) is 101 cm³/mol. The monoisotopic (exact) mass is 354 g/mol. The van der Waals surface area contributed by atoms with E-state index < -0.39 is 0 Å². The van der Waals surface area contributed by atoms with Crippen LogP contribution in [0.25, 0.3) is 0 Å². The average molecular weight is 354 g/mol. The van der Waals surface area contributed by atoms with Crippen LogP contribution in [0.1, 0.15) is 56.0 Å². The van der Waals surface area contributed by atoms with Gasteiger partial charge in [0.1, 0.15) is 5.00 Å². The average Bonchev–Trinajstić information content (AvgIpc) is 3.31. The van der Waals surface area contributed by atoms with Crippen LogP contribution in [0.4, 0.5) is 5.00 Å². The molecule has 130 valence electrons. The highest BCUT2D eigenvalue weighted by Gasteiger charge is 2.31. The molecule has 0 unspecified atom stereocenters. The SMILES string of the molecule is Cc1ccccc1C(=O)Nc1sc2c(c1C(=O)N1CCCC1)CCC2. The van der Waals surface area contributed by atoms with E-state index in [-0.39, 0.29) is 11.8 Å². The first-order valence-electron chi connectivity index (χ1n) is 8.96. The Kier molecular flexibility index (Phi) is 4.34. The summed E-state index contributed by atoms with van der Waals surface area (Å²) in [7, 11) is 0. The van der Waals surface area contributed by atoms with Crippen molar-refractivity contribution >= 4 is 28.2 Å². The number of carbonyl (C=O) groups excluding carboxylic acids is 2. The van der Waals surface area contributed by atoms with Gasteiger partial charge in [-0.15, -0.1) is 11.3 Å². The van der Waals surface area contributed by atoms with Gasteiger partial charge in [-0.25, -0.2) is 0 Å². The lowest BCUT2D eigenvalue weighted by atomic mass is 10.1. The van der Waals surface area contributed by atoms with Gasteiger partial charge < -0.3 is 10.2 Å². The van der Waals surface area contributed by atoms with Crippen molar-refractivity contribution in [2.45, 2.75) is 39.0 Å². The van der Waals surface area contributed by atoms with Gasteiger partial charge in [0.15, 0.2) is 0 Å². The molecule has 1 aromatic heterocycles. The second-order valence-corrected chi connectivity index (χ2v) is 7.93. The Bertz CT molecular complexity index is 834. The molecule has 4 rings (SSSR count). The summed E-state index contributed by atoms with van der Waals surface area (Å²) >= 11 is 1.59. The standard InChI is InChI=1S/C20H22N2O2S/c1-13-7-2-3-8-14(13)18(23)21-19-17(15-9-6-10-16(15)25-19)20(24)22-11-4-5-12-22/h2-3,7-8H,4-6,9-12H2,1H3,(H,21,23). The van der Waals surface area contributed by atoms with Crippen LogP contribution in [0.5, 0.6) is 0 Å². The Morgan fingerprint density at radius 1 is 1.08 bits per heavy atom. The molecule has 2 aliphatic rings. The first-order valence-corrected chi connectivity index (χ1v) is 9.77. The molecule has 0 spiro atoms. The summed E-state index contributed by atoms with van der Waals surface area (Å²) in [5.41, 5.74) is 3.52. The van der Waals surface area contributed by atoms with Crippen LogP contribution in [0.2, 0.25) is 0 Å². The number of likely N-dealkylation sites (tertiary alicyclic amines) is 1. The van der Waals surface area contributed by atoms with E-state index in [4.69, 9.17) is 0 Å². The molecule has 4 nitrogen and oxygen atoms in total. The summed E-state index contributed by atoms with van der Waals surface area (Å²) in [6.45, 7) is 3.59. The zero-order valence-electron chi connectivity index (χ0n) is 14.4. The van der Waals surface area contributed by atoms with Crippen molar-refractivity contribution in [2.24, 2.45) is 0 Å². The number of hydrogen-bond acceptors (Lipinski definition) is 3. The second-order valence-electron chi connectivity index (χ2n) is 6.83. The van der Waals surface area contributed by atoms with Gasteiger partial charge >= 0.3 is 0 Å². The smallest absolute Gasteiger partial charge is 0.257 e. The third-order valence-electron chi connectivity index (χ3n) is 5.15. The molecule has 0 radical (unpaired) electrons. The Balaban J connectivity index is 1.67. The molecule has 2 aromatic rings. The Morgan fingerprint density at radius 3 is 2.60 bits per heavy atom. The van der Waals surface area contributed by atoms with Crippen LogP contribution < -0.4 is 5.32 Å². The molecule has 1 fully saturated rings. The van der Waals surface area contributed by atoms with Crippen molar-refractivity contribution < 1.29 is 9.59 Å². The van der Waals surface area contributed by atoms with Crippen molar-refractivity contribution in [3.8, 4) is 0 Å². The van der Waals surface area contributed by atoms with Gasteiger partial charge in [0.2, 0.25) is 0 Å². The third kappa shape index (κ3) is 2.97. The molecule has 5 heteroatoms. The largest absolute Gasteiger partial charge is 0.339 e. The normalized spacial score (nSPS) is 16.1. The maximum absolute atomic E-state index is 13.1. The van der Waals surface area contributed by atoms with Crippen LogP contribution in [-0.2, 0) is 12.8 Å². The van der Waals surface area contributed by atoms with E-state index in [1.54, 1.807) is 11.3 Å². The number of nitrogens with one attached hydrogen (secondary N) is 1. The quantitative estimate of drug-likeness (QED) is 0.904. The molecule has 2 heterocycles. The van der Waals surface area contributed by atoms with Gasteiger partial charge in [0.05, 0.1) is 5.56 Å². The third-order valence-corrected chi connectivity index (χ3v) is 6.35. The summed E-state index contributed by atoms with van der Waals surface area (Å²) in [6.07, 6.45) is 5.21. The lowest BCUT2D eigenvalue weighted by Crippen LogP contribution is -2.29.